The molecule has 2 aromatic carbocycles. The number of aromatic nitrogens is 5. The van der Waals surface area contributed by atoms with Gasteiger partial charge in [0.15, 0.2) is 5.82 Å². The number of benzene rings is 2. The van der Waals surface area contributed by atoms with E-state index in [0.29, 0.717) is 15.9 Å². The zero-order valence-corrected chi connectivity index (χ0v) is 17.3. The van der Waals surface area contributed by atoms with Crippen molar-refractivity contribution in [2.24, 2.45) is 0 Å². The summed E-state index contributed by atoms with van der Waals surface area (Å²) in [6.45, 7) is 0. The molecule has 6 rings (SSSR count). The molecule has 0 saturated carbocycles. The molecule has 8 heteroatoms. The number of halogens is 1. The number of fused-ring (bicyclic) bond motifs is 3. The summed E-state index contributed by atoms with van der Waals surface area (Å²) in [6.07, 6.45) is 4.24. The van der Waals surface area contributed by atoms with Crippen molar-refractivity contribution in [1.29, 1.82) is 0 Å². The third-order valence-corrected chi connectivity index (χ3v) is 6.30. The molecule has 0 unspecified atom stereocenters. The van der Waals surface area contributed by atoms with Gasteiger partial charge >= 0.3 is 0 Å². The van der Waals surface area contributed by atoms with Crippen LogP contribution < -0.4 is 10.9 Å². The van der Waals surface area contributed by atoms with Crippen molar-refractivity contribution >= 4 is 45.0 Å². The molecule has 1 aliphatic rings. The lowest BCUT2D eigenvalue weighted by Gasteiger charge is -2.21. The Labute approximate surface area is 181 Å². The molecule has 3 aromatic heterocycles. The average Bonchev–Trinajstić information content (AvgIpc) is 3.36. The van der Waals surface area contributed by atoms with Crippen LogP contribution in [0.4, 0.5) is 11.6 Å². The van der Waals surface area contributed by atoms with Gasteiger partial charge in [-0.2, -0.15) is 5.10 Å². The molecule has 7 nitrogen and oxygen atoms in total. The number of aromatic amines is 3. The van der Waals surface area contributed by atoms with Crippen molar-refractivity contribution in [3.8, 4) is 11.3 Å². The molecule has 0 saturated heterocycles. The van der Waals surface area contributed by atoms with Crippen molar-refractivity contribution in [3.05, 3.63) is 69.0 Å². The van der Waals surface area contributed by atoms with Gasteiger partial charge in [0.2, 0.25) is 0 Å². The van der Waals surface area contributed by atoms with E-state index in [1.165, 1.54) is 11.1 Å². The van der Waals surface area contributed by atoms with Crippen LogP contribution in [0.5, 0.6) is 0 Å². The van der Waals surface area contributed by atoms with E-state index in [4.69, 9.17) is 16.6 Å². The summed E-state index contributed by atoms with van der Waals surface area (Å²) in [5.74, 6) is 1.54. The Balaban J connectivity index is 1.52. The van der Waals surface area contributed by atoms with Crippen LogP contribution in [0.3, 0.4) is 0 Å². The van der Waals surface area contributed by atoms with Crippen molar-refractivity contribution in [2.75, 3.05) is 5.32 Å². The monoisotopic (exact) mass is 430 g/mol. The first-order valence-electron chi connectivity index (χ1n) is 10.3. The molecule has 4 N–H and O–H groups in total. The van der Waals surface area contributed by atoms with E-state index in [0.717, 1.165) is 59.5 Å². The number of para-hydroxylation sites is 1. The fraction of sp³-hybridized carbons (Fsp3) is 0.174. The number of nitrogens with one attached hydrogen (secondary N) is 4. The molecule has 0 amide bonds. The van der Waals surface area contributed by atoms with E-state index < -0.39 is 0 Å². The number of H-pyrrole nitrogens is 3. The van der Waals surface area contributed by atoms with Crippen molar-refractivity contribution in [1.82, 2.24) is 25.4 Å². The van der Waals surface area contributed by atoms with Gasteiger partial charge in [-0.15, -0.1) is 0 Å². The zero-order chi connectivity index (χ0) is 20.9. The van der Waals surface area contributed by atoms with Gasteiger partial charge in [-0.1, -0.05) is 23.7 Å². The first-order chi connectivity index (χ1) is 15.2. The largest absolute Gasteiger partial charge is 0.323 e. The Morgan fingerprint density at radius 3 is 2.74 bits per heavy atom. The van der Waals surface area contributed by atoms with Crippen LogP contribution in [0, 0.1) is 0 Å². The average molecular weight is 431 g/mol. The molecule has 3 heterocycles. The molecule has 0 atom stereocenters. The Morgan fingerprint density at radius 2 is 1.81 bits per heavy atom. The number of hydrogen-bond donors (Lipinski definition) is 4. The predicted molar refractivity (Wildman–Crippen MR) is 123 cm³/mol. The highest BCUT2D eigenvalue weighted by Gasteiger charge is 2.20. The predicted octanol–water partition coefficient (Wildman–Crippen LogP) is 5.07. The number of anilines is 2. The third kappa shape index (κ3) is 3.00. The van der Waals surface area contributed by atoms with E-state index >= 15 is 0 Å². The van der Waals surface area contributed by atoms with Gasteiger partial charge in [-0.25, -0.2) is 4.98 Å². The van der Waals surface area contributed by atoms with E-state index in [1.54, 1.807) is 12.1 Å². The second kappa shape index (κ2) is 6.99. The molecule has 0 aliphatic heterocycles. The smallest absolute Gasteiger partial charge is 0.271 e. The molecule has 31 heavy (non-hydrogen) atoms. The summed E-state index contributed by atoms with van der Waals surface area (Å²) in [4.78, 5) is 17.1. The molecule has 5 aromatic rings. The molecular formula is C23H19ClN6O. The molecule has 1 aliphatic carbocycles. The van der Waals surface area contributed by atoms with Crippen LogP contribution in [0.1, 0.15) is 24.0 Å². The lowest BCUT2D eigenvalue weighted by atomic mass is 9.91. The summed E-state index contributed by atoms with van der Waals surface area (Å²) in [5.41, 5.74) is 5.44. The van der Waals surface area contributed by atoms with E-state index in [9.17, 15) is 4.79 Å². The highest BCUT2D eigenvalue weighted by Crippen LogP contribution is 2.36. The lowest BCUT2D eigenvalue weighted by molar-refractivity contribution is 0.684. The first kappa shape index (κ1) is 18.2. The number of nitrogens with zero attached hydrogens (tertiary/aromatic N) is 2. The second-order valence-corrected chi connectivity index (χ2v) is 8.31. The zero-order valence-electron chi connectivity index (χ0n) is 16.6. The van der Waals surface area contributed by atoms with Crippen molar-refractivity contribution < 1.29 is 0 Å². The van der Waals surface area contributed by atoms with Gasteiger partial charge in [0, 0.05) is 10.9 Å². The van der Waals surface area contributed by atoms with E-state index in [2.05, 4.69) is 31.8 Å². The maximum Gasteiger partial charge on any atom is 0.271 e. The highest BCUT2D eigenvalue weighted by atomic mass is 35.5. The molecular weight excluding hydrogens is 412 g/mol. The SMILES string of the molecule is O=c1[nH][nH]c2cc(Cl)c(-c3cc4c(c(Nc5n[nH]c6ccccc56)n3)CCCC4)cc12. The quantitative estimate of drug-likeness (QED) is 0.321. The van der Waals surface area contributed by atoms with Gasteiger partial charge < -0.3 is 5.32 Å². The maximum atomic E-state index is 12.1. The van der Waals surface area contributed by atoms with Crippen LogP contribution in [-0.4, -0.2) is 25.4 Å². The molecule has 0 spiro atoms. The summed E-state index contributed by atoms with van der Waals surface area (Å²) in [6, 6.07) is 13.7. The summed E-state index contributed by atoms with van der Waals surface area (Å²) >= 11 is 6.59. The maximum absolute atomic E-state index is 12.1. The summed E-state index contributed by atoms with van der Waals surface area (Å²) < 4.78 is 0. The van der Waals surface area contributed by atoms with Crippen LogP contribution in [0.2, 0.25) is 5.02 Å². The molecule has 0 bridgehead atoms. The van der Waals surface area contributed by atoms with E-state index in [-0.39, 0.29) is 5.56 Å². The Hall–Kier alpha value is -3.58. The lowest BCUT2D eigenvalue weighted by Crippen LogP contribution is -2.09. The van der Waals surface area contributed by atoms with Crippen molar-refractivity contribution in [2.45, 2.75) is 25.7 Å². The Bertz CT molecular complexity index is 1510. The Morgan fingerprint density at radius 1 is 0.935 bits per heavy atom. The number of hydrogen-bond acceptors (Lipinski definition) is 4. The minimum Gasteiger partial charge on any atom is -0.323 e. The number of aryl methyl sites for hydroxylation is 1. The van der Waals surface area contributed by atoms with E-state index in [1.807, 2.05) is 24.3 Å². The Kier molecular flexibility index (Phi) is 4.11. The molecule has 154 valence electrons. The third-order valence-electron chi connectivity index (χ3n) is 5.99. The minimum absolute atomic E-state index is 0.174. The van der Waals surface area contributed by atoms with Crippen LogP contribution in [0.15, 0.2) is 47.3 Å². The first-order valence-corrected chi connectivity index (χ1v) is 10.7. The van der Waals surface area contributed by atoms with Crippen LogP contribution in [0.25, 0.3) is 33.1 Å². The number of rotatable bonds is 3. The van der Waals surface area contributed by atoms with Gasteiger partial charge in [0.1, 0.15) is 5.82 Å². The molecule has 0 fully saturated rings. The normalized spacial score (nSPS) is 13.6. The second-order valence-electron chi connectivity index (χ2n) is 7.90. The summed E-state index contributed by atoms with van der Waals surface area (Å²) in [7, 11) is 0. The highest BCUT2D eigenvalue weighted by molar-refractivity contribution is 6.34. The topological polar surface area (TPSA) is 102 Å². The van der Waals surface area contributed by atoms with Crippen LogP contribution >= 0.6 is 11.6 Å². The fourth-order valence-electron chi connectivity index (χ4n) is 4.41. The standard InChI is InChI=1S/C23H19ClN6O/c24-17-11-20-16(23(31)30-28-20)10-15(17)19-9-12-5-1-2-6-13(12)21(25-19)26-22-14-7-3-4-8-18(14)27-29-22/h3-4,7-11H,1-2,5-6H2,(H2,28,30,31)(H2,25,26,27,29). The van der Waals surface area contributed by atoms with Gasteiger partial charge in [0.25, 0.3) is 5.56 Å². The fourth-order valence-corrected chi connectivity index (χ4v) is 4.67. The van der Waals surface area contributed by atoms with Gasteiger partial charge in [0.05, 0.1) is 27.1 Å². The van der Waals surface area contributed by atoms with Gasteiger partial charge in [-0.3, -0.25) is 20.1 Å². The van der Waals surface area contributed by atoms with Gasteiger partial charge in [-0.05, 0) is 67.1 Å². The summed E-state index contributed by atoms with van der Waals surface area (Å²) in [5, 5.41) is 18.5. The number of pyridine rings is 1. The van der Waals surface area contributed by atoms with Crippen LogP contribution in [-0.2, 0) is 12.8 Å². The van der Waals surface area contributed by atoms with Crippen molar-refractivity contribution in [3.63, 3.8) is 0 Å². The minimum atomic E-state index is -0.174. The molecule has 0 radical (unpaired) electrons.